The number of aryl methyl sites for hydroxylation is 2. The first-order valence-electron chi connectivity index (χ1n) is 5.05. The molecule has 86 valence electrons. The van der Waals surface area contributed by atoms with Gasteiger partial charge in [0, 0.05) is 12.3 Å². The van der Waals surface area contributed by atoms with Crippen molar-refractivity contribution in [2.24, 2.45) is 0 Å². The average Bonchev–Trinajstić information content (AvgIpc) is 2.87. The van der Waals surface area contributed by atoms with E-state index >= 15 is 0 Å². The van der Waals surface area contributed by atoms with Crippen LogP contribution in [-0.2, 0) is 12.8 Å². The van der Waals surface area contributed by atoms with E-state index in [1.165, 1.54) is 11.5 Å². The molecule has 2 aromatic rings. The Labute approximate surface area is 107 Å². The molecule has 0 N–H and O–H groups in total. The Morgan fingerprint density at radius 1 is 1.19 bits per heavy atom. The molecule has 0 unspecified atom stereocenters. The van der Waals surface area contributed by atoms with Gasteiger partial charge < -0.3 is 0 Å². The molecule has 2 aromatic heterocycles. The highest BCUT2D eigenvalue weighted by atomic mass is 35.5. The molecule has 7 heteroatoms. The lowest BCUT2D eigenvalue weighted by atomic mass is 10.2. The third-order valence-corrected chi connectivity index (χ3v) is 4.11. The first kappa shape index (κ1) is 11.9. The summed E-state index contributed by atoms with van der Waals surface area (Å²) in [6.07, 6.45) is 2.77. The van der Waals surface area contributed by atoms with Crippen LogP contribution in [0.4, 0.5) is 0 Å². The van der Waals surface area contributed by atoms with Crippen molar-refractivity contribution in [3.05, 3.63) is 10.7 Å². The summed E-state index contributed by atoms with van der Waals surface area (Å²) < 4.78 is 3.98. The van der Waals surface area contributed by atoms with Crippen LogP contribution in [0.25, 0.3) is 9.88 Å². The topological polar surface area (TPSA) is 51.6 Å². The largest absolute Gasteiger partial charge is 0.161 e. The molecule has 0 aliphatic heterocycles. The van der Waals surface area contributed by atoms with E-state index in [2.05, 4.69) is 26.7 Å². The van der Waals surface area contributed by atoms with Crippen LogP contribution >= 0.6 is 34.5 Å². The van der Waals surface area contributed by atoms with Crippen LogP contribution in [0.2, 0.25) is 0 Å². The number of alkyl halides is 1. The summed E-state index contributed by atoms with van der Waals surface area (Å²) in [5.41, 5.74) is 1.03. The Kier molecular flexibility index (Phi) is 4.20. The molecular formula is C9H11ClN4S2. The number of hydrogen-bond acceptors (Lipinski definition) is 6. The fourth-order valence-electron chi connectivity index (χ4n) is 1.30. The minimum atomic E-state index is 0.581. The van der Waals surface area contributed by atoms with E-state index in [0.717, 1.165) is 39.8 Å². The Balaban J connectivity index is 2.24. The van der Waals surface area contributed by atoms with E-state index in [1.54, 1.807) is 11.3 Å². The molecule has 0 spiro atoms. The van der Waals surface area contributed by atoms with E-state index in [4.69, 9.17) is 11.6 Å². The maximum absolute atomic E-state index is 5.67. The van der Waals surface area contributed by atoms with Crippen molar-refractivity contribution in [1.82, 2.24) is 19.8 Å². The molecule has 0 atom stereocenters. The van der Waals surface area contributed by atoms with Gasteiger partial charge in [-0.05, 0) is 18.0 Å². The van der Waals surface area contributed by atoms with Crippen molar-refractivity contribution in [3.8, 4) is 9.88 Å². The molecule has 0 bridgehead atoms. The maximum Gasteiger partial charge on any atom is 0.161 e. The van der Waals surface area contributed by atoms with Gasteiger partial charge in [-0.15, -0.1) is 26.9 Å². The molecule has 0 saturated carbocycles. The van der Waals surface area contributed by atoms with Gasteiger partial charge in [0.2, 0.25) is 0 Å². The monoisotopic (exact) mass is 274 g/mol. The Bertz CT molecular complexity index is 454. The zero-order chi connectivity index (χ0) is 11.4. The minimum Gasteiger partial charge on any atom is -0.143 e. The SMILES string of the molecule is CCCc1nnsc1-c1nnc(CCCl)s1. The predicted molar refractivity (Wildman–Crippen MR) is 67.2 cm³/mol. The lowest BCUT2D eigenvalue weighted by Gasteiger charge is -1.92. The van der Waals surface area contributed by atoms with Gasteiger partial charge in [-0.2, -0.15) is 0 Å². The molecule has 0 aliphatic rings. The summed E-state index contributed by atoms with van der Waals surface area (Å²) in [6, 6.07) is 0. The summed E-state index contributed by atoms with van der Waals surface area (Å²) in [5, 5.41) is 14.3. The number of nitrogens with zero attached hydrogens (tertiary/aromatic N) is 4. The van der Waals surface area contributed by atoms with Crippen LogP contribution in [0.1, 0.15) is 24.0 Å². The first-order chi connectivity index (χ1) is 7.85. The summed E-state index contributed by atoms with van der Waals surface area (Å²) in [6.45, 7) is 2.13. The fraction of sp³-hybridized carbons (Fsp3) is 0.556. The van der Waals surface area contributed by atoms with Crippen LogP contribution < -0.4 is 0 Å². The minimum absolute atomic E-state index is 0.581. The van der Waals surface area contributed by atoms with Gasteiger partial charge in [0.05, 0.1) is 5.69 Å². The van der Waals surface area contributed by atoms with E-state index in [0.29, 0.717) is 5.88 Å². The Hall–Kier alpha value is -0.590. The van der Waals surface area contributed by atoms with Crippen molar-refractivity contribution >= 4 is 34.5 Å². The highest BCUT2D eigenvalue weighted by molar-refractivity contribution is 7.19. The molecule has 0 fully saturated rings. The summed E-state index contributed by atoms with van der Waals surface area (Å²) in [5.74, 6) is 0.581. The lowest BCUT2D eigenvalue weighted by Crippen LogP contribution is -1.86. The molecule has 16 heavy (non-hydrogen) atoms. The van der Waals surface area contributed by atoms with Gasteiger partial charge in [0.15, 0.2) is 5.01 Å². The summed E-state index contributed by atoms with van der Waals surface area (Å²) >= 11 is 8.63. The van der Waals surface area contributed by atoms with Crippen LogP contribution in [0.3, 0.4) is 0 Å². The highest BCUT2D eigenvalue weighted by Crippen LogP contribution is 2.29. The summed E-state index contributed by atoms with van der Waals surface area (Å²) in [7, 11) is 0. The average molecular weight is 275 g/mol. The predicted octanol–water partition coefficient (Wildman–Crippen LogP) is 2.79. The molecule has 0 saturated heterocycles. The number of hydrogen-bond donors (Lipinski definition) is 0. The van der Waals surface area contributed by atoms with Crippen molar-refractivity contribution in [2.75, 3.05) is 5.88 Å². The molecular weight excluding hydrogens is 264 g/mol. The standard InChI is InChI=1S/C9H11ClN4S2/c1-2-3-6-8(16-14-11-6)9-13-12-7(15-9)4-5-10/h2-5H2,1H3. The second-order valence-corrected chi connectivity index (χ2v) is 5.43. The fourth-order valence-corrected chi connectivity index (χ4v) is 3.22. The van der Waals surface area contributed by atoms with Gasteiger partial charge >= 0.3 is 0 Å². The smallest absolute Gasteiger partial charge is 0.143 e. The van der Waals surface area contributed by atoms with Crippen LogP contribution in [0, 0.1) is 0 Å². The molecule has 4 nitrogen and oxygen atoms in total. The maximum atomic E-state index is 5.67. The lowest BCUT2D eigenvalue weighted by molar-refractivity contribution is 0.870. The number of aromatic nitrogens is 4. The van der Waals surface area contributed by atoms with Crippen molar-refractivity contribution in [1.29, 1.82) is 0 Å². The highest BCUT2D eigenvalue weighted by Gasteiger charge is 2.14. The second-order valence-electron chi connectivity index (χ2n) is 3.24. The van der Waals surface area contributed by atoms with Crippen molar-refractivity contribution in [2.45, 2.75) is 26.2 Å². The van der Waals surface area contributed by atoms with Gasteiger partial charge in [-0.1, -0.05) is 29.2 Å². The van der Waals surface area contributed by atoms with E-state index in [9.17, 15) is 0 Å². The Morgan fingerprint density at radius 3 is 2.81 bits per heavy atom. The molecule has 0 aliphatic carbocycles. The first-order valence-corrected chi connectivity index (χ1v) is 7.17. The van der Waals surface area contributed by atoms with Gasteiger partial charge in [0.1, 0.15) is 9.88 Å². The molecule has 0 aromatic carbocycles. The zero-order valence-electron chi connectivity index (χ0n) is 8.81. The number of rotatable bonds is 5. The van der Waals surface area contributed by atoms with Crippen molar-refractivity contribution < 1.29 is 0 Å². The number of halogens is 1. The van der Waals surface area contributed by atoms with E-state index < -0.39 is 0 Å². The summed E-state index contributed by atoms with van der Waals surface area (Å²) in [4.78, 5) is 1.06. The van der Waals surface area contributed by atoms with Gasteiger partial charge in [-0.3, -0.25) is 0 Å². The molecule has 2 rings (SSSR count). The van der Waals surface area contributed by atoms with Crippen molar-refractivity contribution in [3.63, 3.8) is 0 Å². The third kappa shape index (κ3) is 2.56. The van der Waals surface area contributed by atoms with E-state index in [1.807, 2.05) is 0 Å². The van der Waals surface area contributed by atoms with Crippen LogP contribution in [-0.4, -0.2) is 25.7 Å². The zero-order valence-corrected chi connectivity index (χ0v) is 11.2. The third-order valence-electron chi connectivity index (χ3n) is 2.01. The van der Waals surface area contributed by atoms with Crippen LogP contribution in [0.5, 0.6) is 0 Å². The molecule has 0 radical (unpaired) electrons. The van der Waals surface area contributed by atoms with Gasteiger partial charge in [0.25, 0.3) is 0 Å². The normalized spacial score (nSPS) is 10.9. The van der Waals surface area contributed by atoms with Gasteiger partial charge in [-0.25, -0.2) is 0 Å². The van der Waals surface area contributed by atoms with E-state index in [-0.39, 0.29) is 0 Å². The molecule has 2 heterocycles. The van der Waals surface area contributed by atoms with Crippen LogP contribution in [0.15, 0.2) is 0 Å². The quantitative estimate of drug-likeness (QED) is 0.787. The molecule has 0 amide bonds. The Morgan fingerprint density at radius 2 is 2.06 bits per heavy atom. The second kappa shape index (κ2) is 5.65.